The molecule has 6 aromatic rings. The summed E-state index contributed by atoms with van der Waals surface area (Å²) in [6.07, 6.45) is 1.92. The smallest absolute Gasteiger partial charge is 0.0784 e. The van der Waals surface area contributed by atoms with E-state index in [2.05, 4.69) is 109 Å². The molecule has 152 valence electrons. The molecule has 2 aliphatic carbocycles. The van der Waals surface area contributed by atoms with Crippen molar-refractivity contribution in [1.82, 2.24) is 4.98 Å². The Labute approximate surface area is 192 Å². The van der Waals surface area contributed by atoms with Gasteiger partial charge >= 0.3 is 0 Å². The SMILES string of the molecule is c1ccc2c(c1)-c1ccccc1C21c2ccccc2-c2c1c1cccnc1c1ccccc21. The van der Waals surface area contributed by atoms with Gasteiger partial charge in [0.05, 0.1) is 10.9 Å². The fourth-order valence-electron chi connectivity index (χ4n) is 6.63. The maximum absolute atomic E-state index is 4.92. The molecule has 0 aliphatic heterocycles. The van der Waals surface area contributed by atoms with Crippen molar-refractivity contribution in [2.75, 3.05) is 0 Å². The van der Waals surface area contributed by atoms with Crippen molar-refractivity contribution in [3.63, 3.8) is 0 Å². The summed E-state index contributed by atoms with van der Waals surface area (Å²) >= 11 is 0. The predicted molar refractivity (Wildman–Crippen MR) is 136 cm³/mol. The fourth-order valence-corrected chi connectivity index (χ4v) is 6.63. The van der Waals surface area contributed by atoms with Crippen molar-refractivity contribution in [3.8, 4) is 22.3 Å². The van der Waals surface area contributed by atoms with E-state index in [0.717, 1.165) is 5.52 Å². The molecule has 0 atom stereocenters. The molecule has 1 aromatic heterocycles. The van der Waals surface area contributed by atoms with E-state index in [9.17, 15) is 0 Å². The normalized spacial score (nSPS) is 14.3. The van der Waals surface area contributed by atoms with Gasteiger partial charge in [-0.05, 0) is 56.0 Å². The molecule has 1 nitrogen and oxygen atoms in total. The zero-order chi connectivity index (χ0) is 21.6. The lowest BCUT2D eigenvalue weighted by Gasteiger charge is -2.31. The standard InChI is InChI=1S/C32H19N/c1-2-13-23-22(12-1)29-24-14-5-8-18-28(24)32(30(29)25-15-9-19-33-31(23)25)26-16-6-3-10-20(26)21-11-4-7-17-27(21)32/h1-19H. The molecule has 0 bridgehead atoms. The van der Waals surface area contributed by atoms with Gasteiger partial charge in [0.2, 0.25) is 0 Å². The first-order valence-corrected chi connectivity index (χ1v) is 11.5. The van der Waals surface area contributed by atoms with Crippen LogP contribution in [0, 0.1) is 0 Å². The van der Waals surface area contributed by atoms with Gasteiger partial charge in [0, 0.05) is 17.0 Å². The minimum Gasteiger partial charge on any atom is -0.256 e. The van der Waals surface area contributed by atoms with E-state index in [1.807, 2.05) is 6.20 Å². The fraction of sp³-hybridized carbons (Fsp3) is 0.0312. The van der Waals surface area contributed by atoms with E-state index in [0.29, 0.717) is 0 Å². The van der Waals surface area contributed by atoms with E-state index >= 15 is 0 Å². The summed E-state index contributed by atoms with van der Waals surface area (Å²) in [4.78, 5) is 4.92. The Kier molecular flexibility index (Phi) is 3.13. The van der Waals surface area contributed by atoms with Crippen LogP contribution >= 0.6 is 0 Å². The summed E-state index contributed by atoms with van der Waals surface area (Å²) < 4.78 is 0. The third-order valence-corrected chi connectivity index (χ3v) is 7.71. The highest BCUT2D eigenvalue weighted by atomic mass is 14.7. The molecule has 0 radical (unpaired) electrons. The molecule has 1 heteroatoms. The maximum atomic E-state index is 4.92. The highest BCUT2D eigenvalue weighted by Gasteiger charge is 2.52. The van der Waals surface area contributed by atoms with Gasteiger partial charge in [0.15, 0.2) is 0 Å². The summed E-state index contributed by atoms with van der Waals surface area (Å²) in [6, 6.07) is 40.1. The van der Waals surface area contributed by atoms with Gasteiger partial charge in [0.1, 0.15) is 0 Å². The Morgan fingerprint density at radius 2 is 0.970 bits per heavy atom. The van der Waals surface area contributed by atoms with Gasteiger partial charge in [-0.2, -0.15) is 0 Å². The molecule has 0 amide bonds. The lowest BCUT2D eigenvalue weighted by Crippen LogP contribution is -2.26. The summed E-state index contributed by atoms with van der Waals surface area (Å²) in [5.41, 5.74) is 11.6. The van der Waals surface area contributed by atoms with Crippen LogP contribution in [-0.2, 0) is 5.41 Å². The molecule has 0 unspecified atom stereocenters. The quantitative estimate of drug-likeness (QED) is 0.230. The van der Waals surface area contributed by atoms with Gasteiger partial charge in [-0.15, -0.1) is 0 Å². The van der Waals surface area contributed by atoms with Crippen LogP contribution in [0.15, 0.2) is 115 Å². The van der Waals surface area contributed by atoms with Gasteiger partial charge in [0.25, 0.3) is 0 Å². The molecule has 1 spiro atoms. The topological polar surface area (TPSA) is 12.9 Å². The summed E-state index contributed by atoms with van der Waals surface area (Å²) in [5.74, 6) is 0. The van der Waals surface area contributed by atoms with Crippen LogP contribution in [0.3, 0.4) is 0 Å². The second-order valence-corrected chi connectivity index (χ2v) is 9.08. The predicted octanol–water partition coefficient (Wildman–Crippen LogP) is 7.73. The largest absolute Gasteiger partial charge is 0.256 e. The number of hydrogen-bond donors (Lipinski definition) is 0. The number of nitrogens with zero attached hydrogens (tertiary/aromatic N) is 1. The molecule has 2 aliphatic rings. The number of rotatable bonds is 0. The monoisotopic (exact) mass is 417 g/mol. The lowest BCUT2D eigenvalue weighted by atomic mass is 9.69. The van der Waals surface area contributed by atoms with Gasteiger partial charge < -0.3 is 0 Å². The first-order chi connectivity index (χ1) is 16.4. The van der Waals surface area contributed by atoms with Crippen molar-refractivity contribution >= 4 is 21.7 Å². The van der Waals surface area contributed by atoms with E-state index in [1.165, 1.54) is 60.7 Å². The number of aromatic nitrogens is 1. The van der Waals surface area contributed by atoms with Crippen molar-refractivity contribution < 1.29 is 0 Å². The van der Waals surface area contributed by atoms with E-state index < -0.39 is 0 Å². The number of fused-ring (bicyclic) bond motifs is 15. The average Bonchev–Trinajstić information content (AvgIpc) is 3.37. The Morgan fingerprint density at radius 1 is 0.455 bits per heavy atom. The van der Waals surface area contributed by atoms with Crippen molar-refractivity contribution in [2.24, 2.45) is 0 Å². The zero-order valence-corrected chi connectivity index (χ0v) is 17.9. The third-order valence-electron chi connectivity index (χ3n) is 7.71. The maximum Gasteiger partial charge on any atom is 0.0784 e. The van der Waals surface area contributed by atoms with E-state index in [-0.39, 0.29) is 5.41 Å². The second kappa shape index (κ2) is 5.96. The van der Waals surface area contributed by atoms with Crippen LogP contribution in [0.4, 0.5) is 0 Å². The minimum atomic E-state index is -0.343. The van der Waals surface area contributed by atoms with Crippen molar-refractivity contribution in [3.05, 3.63) is 138 Å². The van der Waals surface area contributed by atoms with Crippen LogP contribution in [0.2, 0.25) is 0 Å². The molecule has 8 rings (SSSR count). The number of pyridine rings is 1. The summed E-state index contributed by atoms with van der Waals surface area (Å²) in [5, 5.41) is 3.75. The van der Waals surface area contributed by atoms with Crippen LogP contribution in [-0.4, -0.2) is 4.98 Å². The molecular formula is C32H19N. The molecule has 0 saturated carbocycles. The first-order valence-electron chi connectivity index (χ1n) is 11.5. The molecule has 1 heterocycles. The van der Waals surface area contributed by atoms with Gasteiger partial charge in [-0.1, -0.05) is 103 Å². The first kappa shape index (κ1) is 17.3. The minimum absolute atomic E-state index is 0.343. The molecule has 33 heavy (non-hydrogen) atoms. The number of benzene rings is 5. The molecule has 0 N–H and O–H groups in total. The average molecular weight is 418 g/mol. The van der Waals surface area contributed by atoms with Crippen molar-refractivity contribution in [1.29, 1.82) is 0 Å². The van der Waals surface area contributed by atoms with Crippen LogP contribution in [0.25, 0.3) is 43.9 Å². The van der Waals surface area contributed by atoms with Crippen LogP contribution in [0.5, 0.6) is 0 Å². The third kappa shape index (κ3) is 1.89. The molecule has 0 fully saturated rings. The van der Waals surface area contributed by atoms with Crippen molar-refractivity contribution in [2.45, 2.75) is 5.41 Å². The van der Waals surface area contributed by atoms with Gasteiger partial charge in [-0.25, -0.2) is 0 Å². The summed E-state index contributed by atoms with van der Waals surface area (Å²) in [6.45, 7) is 0. The van der Waals surface area contributed by atoms with E-state index in [4.69, 9.17) is 4.98 Å². The molecular weight excluding hydrogens is 398 g/mol. The zero-order valence-electron chi connectivity index (χ0n) is 17.9. The number of hydrogen-bond acceptors (Lipinski definition) is 1. The highest BCUT2D eigenvalue weighted by Crippen LogP contribution is 2.65. The Hall–Kier alpha value is -4.23. The second-order valence-electron chi connectivity index (χ2n) is 9.08. The summed E-state index contributed by atoms with van der Waals surface area (Å²) in [7, 11) is 0. The Bertz CT molecular complexity index is 1730. The Morgan fingerprint density at radius 3 is 1.67 bits per heavy atom. The molecule has 5 aromatic carbocycles. The van der Waals surface area contributed by atoms with Gasteiger partial charge in [-0.3, -0.25) is 4.98 Å². The van der Waals surface area contributed by atoms with Crippen LogP contribution in [0.1, 0.15) is 22.3 Å². The lowest BCUT2D eigenvalue weighted by molar-refractivity contribution is 0.801. The molecule has 0 saturated heterocycles. The highest BCUT2D eigenvalue weighted by molar-refractivity contribution is 6.18. The van der Waals surface area contributed by atoms with E-state index in [1.54, 1.807) is 0 Å². The van der Waals surface area contributed by atoms with Crippen LogP contribution < -0.4 is 0 Å². The Balaban J connectivity index is 1.72.